The fourth-order valence-electron chi connectivity index (χ4n) is 1.18. The van der Waals surface area contributed by atoms with Gasteiger partial charge in [-0.1, -0.05) is 0 Å². The van der Waals surface area contributed by atoms with Crippen LogP contribution in [0, 0.1) is 0 Å². The molecule has 0 saturated heterocycles. The molecule has 0 saturated carbocycles. The molecule has 0 radical (unpaired) electrons. The summed E-state index contributed by atoms with van der Waals surface area (Å²) >= 11 is 1.53. The molecular weight excluding hydrogens is 260 g/mol. The molecule has 2 atom stereocenters. The lowest BCUT2D eigenvalue weighted by atomic mass is 10.1. The van der Waals surface area contributed by atoms with Gasteiger partial charge in [-0.25, -0.2) is 4.79 Å². The van der Waals surface area contributed by atoms with E-state index in [1.54, 1.807) is 0 Å². The Balaban J connectivity index is 4.26. The number of aliphatic carboxylic acids is 2. The molecule has 0 spiro atoms. The summed E-state index contributed by atoms with van der Waals surface area (Å²) in [5.41, 5.74) is 5.57. The first-order chi connectivity index (χ1) is 8.38. The van der Waals surface area contributed by atoms with Crippen molar-refractivity contribution in [3.05, 3.63) is 0 Å². The van der Waals surface area contributed by atoms with Crippen LogP contribution in [0.25, 0.3) is 0 Å². The third-order valence-electron chi connectivity index (χ3n) is 2.23. The average molecular weight is 278 g/mol. The van der Waals surface area contributed by atoms with Crippen molar-refractivity contribution in [3.63, 3.8) is 0 Å². The number of amides is 1. The van der Waals surface area contributed by atoms with Crippen LogP contribution in [0.3, 0.4) is 0 Å². The first kappa shape index (κ1) is 16.7. The lowest BCUT2D eigenvalue weighted by Gasteiger charge is -2.16. The van der Waals surface area contributed by atoms with Gasteiger partial charge in [0.05, 0.1) is 6.04 Å². The van der Waals surface area contributed by atoms with Crippen molar-refractivity contribution in [1.82, 2.24) is 5.32 Å². The second-order valence-electron chi connectivity index (χ2n) is 3.72. The monoisotopic (exact) mass is 278 g/mol. The molecular formula is C10H18N2O5S. The third kappa shape index (κ3) is 7.13. The quantitative estimate of drug-likeness (QED) is 0.447. The van der Waals surface area contributed by atoms with E-state index in [4.69, 9.17) is 15.9 Å². The molecule has 0 aliphatic rings. The van der Waals surface area contributed by atoms with Crippen molar-refractivity contribution in [3.8, 4) is 0 Å². The van der Waals surface area contributed by atoms with E-state index in [0.29, 0.717) is 12.2 Å². The number of nitrogens with two attached hydrogens (primary N) is 1. The summed E-state index contributed by atoms with van der Waals surface area (Å²) in [7, 11) is 0. The zero-order valence-corrected chi connectivity index (χ0v) is 10.9. The van der Waals surface area contributed by atoms with Gasteiger partial charge >= 0.3 is 11.9 Å². The first-order valence-electron chi connectivity index (χ1n) is 5.38. The Hall–Kier alpha value is -1.28. The smallest absolute Gasteiger partial charge is 0.326 e. The number of carboxylic acids is 2. The second kappa shape index (κ2) is 8.76. The van der Waals surface area contributed by atoms with Gasteiger partial charge < -0.3 is 21.3 Å². The van der Waals surface area contributed by atoms with Crippen molar-refractivity contribution in [2.75, 3.05) is 12.0 Å². The fraction of sp³-hybridized carbons (Fsp3) is 0.700. The fourth-order valence-corrected chi connectivity index (χ4v) is 1.67. The third-order valence-corrected chi connectivity index (χ3v) is 2.88. The number of carbonyl (C=O) groups excluding carboxylic acids is 1. The molecule has 0 heterocycles. The molecule has 0 bridgehead atoms. The second-order valence-corrected chi connectivity index (χ2v) is 4.71. The van der Waals surface area contributed by atoms with Crippen LogP contribution in [0.4, 0.5) is 0 Å². The Labute approximate surface area is 109 Å². The van der Waals surface area contributed by atoms with E-state index in [9.17, 15) is 14.4 Å². The van der Waals surface area contributed by atoms with Crippen LogP contribution < -0.4 is 11.1 Å². The van der Waals surface area contributed by atoms with Crippen molar-refractivity contribution < 1.29 is 24.6 Å². The Morgan fingerprint density at radius 2 is 1.89 bits per heavy atom. The van der Waals surface area contributed by atoms with E-state index in [2.05, 4.69) is 5.32 Å². The molecule has 0 unspecified atom stereocenters. The van der Waals surface area contributed by atoms with E-state index in [-0.39, 0.29) is 12.8 Å². The highest BCUT2D eigenvalue weighted by Crippen LogP contribution is 2.02. The summed E-state index contributed by atoms with van der Waals surface area (Å²) in [6, 6.07) is -1.99. The zero-order valence-electron chi connectivity index (χ0n) is 10.1. The number of hydrogen-bond donors (Lipinski definition) is 4. The standard InChI is InChI=1S/C10H18N2O5S/c1-18-5-4-6(11)9(15)12-7(10(16)17)2-3-8(13)14/h6-7H,2-5,11H2,1H3,(H,12,15)(H,13,14)(H,16,17)/t6-,7+/m0/s1. The Morgan fingerprint density at radius 1 is 1.28 bits per heavy atom. The van der Waals surface area contributed by atoms with Gasteiger partial charge in [0.1, 0.15) is 6.04 Å². The summed E-state index contributed by atoms with van der Waals surface area (Å²) in [6.07, 6.45) is 1.83. The van der Waals surface area contributed by atoms with Crippen molar-refractivity contribution in [2.45, 2.75) is 31.3 Å². The molecule has 0 aliphatic heterocycles. The Morgan fingerprint density at radius 3 is 2.33 bits per heavy atom. The van der Waals surface area contributed by atoms with Gasteiger partial charge in [-0.2, -0.15) is 11.8 Å². The zero-order chi connectivity index (χ0) is 14.1. The Kier molecular flexibility index (Phi) is 8.14. The van der Waals surface area contributed by atoms with Crippen LogP contribution in [0.15, 0.2) is 0 Å². The van der Waals surface area contributed by atoms with E-state index in [1.165, 1.54) is 11.8 Å². The van der Waals surface area contributed by atoms with Crippen LogP contribution in [0.1, 0.15) is 19.3 Å². The number of carbonyl (C=O) groups is 3. The minimum atomic E-state index is -1.26. The van der Waals surface area contributed by atoms with Crippen molar-refractivity contribution >= 4 is 29.6 Å². The molecule has 5 N–H and O–H groups in total. The highest BCUT2D eigenvalue weighted by molar-refractivity contribution is 7.98. The van der Waals surface area contributed by atoms with Crippen LogP contribution in [0.5, 0.6) is 0 Å². The Bertz CT molecular complexity index is 311. The molecule has 0 aromatic heterocycles. The number of nitrogens with one attached hydrogen (secondary N) is 1. The topological polar surface area (TPSA) is 130 Å². The summed E-state index contributed by atoms with van der Waals surface area (Å²) in [6.45, 7) is 0. The molecule has 0 aromatic carbocycles. The summed E-state index contributed by atoms with van der Waals surface area (Å²) in [4.78, 5) is 32.7. The predicted octanol–water partition coefficient (Wildman–Crippen LogP) is -0.499. The lowest BCUT2D eigenvalue weighted by molar-refractivity contribution is -0.143. The number of thioether (sulfide) groups is 1. The van der Waals surface area contributed by atoms with Gasteiger partial charge in [0.15, 0.2) is 0 Å². The SMILES string of the molecule is CSCC[C@H](N)C(=O)N[C@H](CCC(=O)O)C(=O)O. The molecule has 0 fully saturated rings. The maximum Gasteiger partial charge on any atom is 0.326 e. The minimum absolute atomic E-state index is 0.161. The number of hydrogen-bond acceptors (Lipinski definition) is 5. The van der Waals surface area contributed by atoms with Gasteiger partial charge in [-0.05, 0) is 24.9 Å². The van der Waals surface area contributed by atoms with E-state index < -0.39 is 29.9 Å². The maximum absolute atomic E-state index is 11.6. The van der Waals surface area contributed by atoms with Crippen LogP contribution >= 0.6 is 11.8 Å². The minimum Gasteiger partial charge on any atom is -0.481 e. The number of rotatable bonds is 9. The normalized spacial score (nSPS) is 13.7. The predicted molar refractivity (Wildman–Crippen MR) is 67.4 cm³/mol. The molecule has 104 valence electrons. The molecule has 0 rings (SSSR count). The van der Waals surface area contributed by atoms with Crippen LogP contribution in [-0.4, -0.2) is 52.2 Å². The van der Waals surface area contributed by atoms with Gasteiger partial charge in [0.2, 0.25) is 5.91 Å². The van der Waals surface area contributed by atoms with Gasteiger partial charge in [0.25, 0.3) is 0 Å². The molecule has 1 amide bonds. The highest BCUT2D eigenvalue weighted by Gasteiger charge is 2.23. The molecule has 7 nitrogen and oxygen atoms in total. The van der Waals surface area contributed by atoms with Crippen LogP contribution in [-0.2, 0) is 14.4 Å². The van der Waals surface area contributed by atoms with E-state index >= 15 is 0 Å². The first-order valence-corrected chi connectivity index (χ1v) is 6.77. The summed E-state index contributed by atoms with van der Waals surface area (Å²) in [5.74, 6) is -2.24. The van der Waals surface area contributed by atoms with Crippen LogP contribution in [0.2, 0.25) is 0 Å². The van der Waals surface area contributed by atoms with Crippen molar-refractivity contribution in [1.29, 1.82) is 0 Å². The largest absolute Gasteiger partial charge is 0.481 e. The molecule has 0 aromatic rings. The highest BCUT2D eigenvalue weighted by atomic mass is 32.2. The molecule has 0 aliphatic carbocycles. The molecule has 18 heavy (non-hydrogen) atoms. The van der Waals surface area contributed by atoms with E-state index in [1.807, 2.05) is 6.26 Å². The average Bonchev–Trinajstić information content (AvgIpc) is 2.30. The van der Waals surface area contributed by atoms with E-state index in [0.717, 1.165) is 0 Å². The maximum atomic E-state index is 11.6. The van der Waals surface area contributed by atoms with Gasteiger partial charge in [-0.3, -0.25) is 9.59 Å². The molecule has 8 heteroatoms. The lowest BCUT2D eigenvalue weighted by Crippen LogP contribution is -2.48. The van der Waals surface area contributed by atoms with Gasteiger partial charge in [-0.15, -0.1) is 0 Å². The summed E-state index contributed by atoms with van der Waals surface area (Å²) in [5, 5.41) is 19.6. The number of carboxylic acid groups (broad SMARTS) is 2. The van der Waals surface area contributed by atoms with Crippen molar-refractivity contribution in [2.24, 2.45) is 5.73 Å². The van der Waals surface area contributed by atoms with Gasteiger partial charge in [0, 0.05) is 6.42 Å². The summed E-state index contributed by atoms with van der Waals surface area (Å²) < 4.78 is 0.